The van der Waals surface area contributed by atoms with Crippen molar-refractivity contribution in [1.29, 1.82) is 0 Å². The maximum atomic E-state index is 12.1. The molecule has 0 aliphatic carbocycles. The largest absolute Gasteiger partial charge is 0.463 e. The van der Waals surface area contributed by atoms with Gasteiger partial charge in [0.05, 0.1) is 24.6 Å². The lowest BCUT2D eigenvalue weighted by Crippen LogP contribution is -2.14. The van der Waals surface area contributed by atoms with Gasteiger partial charge in [-0.25, -0.2) is 9.97 Å². The van der Waals surface area contributed by atoms with Crippen LogP contribution in [0.25, 0.3) is 22.2 Å². The van der Waals surface area contributed by atoms with Gasteiger partial charge < -0.3 is 14.2 Å². The van der Waals surface area contributed by atoms with Gasteiger partial charge in [-0.15, -0.1) is 22.7 Å². The molecular weight excluding hydrogens is 346 g/mol. The van der Waals surface area contributed by atoms with Crippen molar-refractivity contribution in [3.63, 3.8) is 0 Å². The number of rotatable bonds is 5. The number of nitrogens with zero attached hydrogens (tertiary/aromatic N) is 2. The monoisotopic (exact) mass is 357 g/mol. The SMILES string of the molecule is O=C(Cc1csc(-c2ccco2)n1)Nc1nc(-c2ccco2)cs1. The third kappa shape index (κ3) is 3.15. The first-order chi connectivity index (χ1) is 11.8. The summed E-state index contributed by atoms with van der Waals surface area (Å²) in [4.78, 5) is 20.9. The van der Waals surface area contributed by atoms with Crippen molar-refractivity contribution in [2.45, 2.75) is 6.42 Å². The summed E-state index contributed by atoms with van der Waals surface area (Å²) in [6.45, 7) is 0. The van der Waals surface area contributed by atoms with E-state index in [1.165, 1.54) is 22.7 Å². The Balaban J connectivity index is 1.40. The van der Waals surface area contributed by atoms with Crippen LogP contribution in [0.1, 0.15) is 5.69 Å². The number of thiazole rings is 2. The highest BCUT2D eigenvalue weighted by atomic mass is 32.1. The molecule has 0 bridgehead atoms. The van der Waals surface area contributed by atoms with Crippen LogP contribution in [-0.2, 0) is 11.2 Å². The Bertz CT molecular complexity index is 863. The van der Waals surface area contributed by atoms with Gasteiger partial charge in [0, 0.05) is 10.8 Å². The van der Waals surface area contributed by atoms with Gasteiger partial charge >= 0.3 is 0 Å². The second-order valence-corrected chi connectivity index (χ2v) is 6.58. The Morgan fingerprint density at radius 1 is 1.04 bits per heavy atom. The molecule has 0 atom stereocenters. The fourth-order valence-electron chi connectivity index (χ4n) is 2.10. The number of aromatic nitrogens is 2. The molecule has 24 heavy (non-hydrogen) atoms. The van der Waals surface area contributed by atoms with Gasteiger partial charge in [-0.05, 0) is 24.3 Å². The van der Waals surface area contributed by atoms with E-state index in [9.17, 15) is 4.79 Å². The smallest absolute Gasteiger partial charge is 0.232 e. The van der Waals surface area contributed by atoms with Crippen molar-refractivity contribution in [2.24, 2.45) is 0 Å². The molecule has 4 aromatic heterocycles. The quantitative estimate of drug-likeness (QED) is 0.576. The van der Waals surface area contributed by atoms with Crippen molar-refractivity contribution in [2.75, 3.05) is 5.32 Å². The number of carbonyl (C=O) groups excluding carboxylic acids is 1. The number of nitrogens with one attached hydrogen (secondary N) is 1. The molecule has 0 aliphatic heterocycles. The Morgan fingerprint density at radius 2 is 1.83 bits per heavy atom. The number of amides is 1. The molecule has 0 radical (unpaired) electrons. The summed E-state index contributed by atoms with van der Waals surface area (Å²) >= 11 is 2.80. The highest BCUT2D eigenvalue weighted by molar-refractivity contribution is 7.14. The van der Waals surface area contributed by atoms with E-state index in [0.29, 0.717) is 28.0 Å². The zero-order chi connectivity index (χ0) is 16.4. The summed E-state index contributed by atoms with van der Waals surface area (Å²) in [5, 5.41) is 7.78. The van der Waals surface area contributed by atoms with Gasteiger partial charge in [0.25, 0.3) is 0 Å². The van der Waals surface area contributed by atoms with E-state index in [1.54, 1.807) is 18.6 Å². The molecule has 120 valence electrons. The Morgan fingerprint density at radius 3 is 2.58 bits per heavy atom. The molecule has 1 N–H and O–H groups in total. The molecule has 0 fully saturated rings. The van der Waals surface area contributed by atoms with Gasteiger partial charge in [0.15, 0.2) is 21.7 Å². The zero-order valence-corrected chi connectivity index (χ0v) is 13.9. The van der Waals surface area contributed by atoms with E-state index >= 15 is 0 Å². The average Bonchev–Trinajstić information content (AvgIpc) is 3.35. The minimum atomic E-state index is -0.161. The van der Waals surface area contributed by atoms with Crippen molar-refractivity contribution >= 4 is 33.7 Å². The maximum Gasteiger partial charge on any atom is 0.232 e. The molecule has 0 aliphatic rings. The molecular formula is C16H11N3O3S2. The van der Waals surface area contributed by atoms with Crippen LogP contribution < -0.4 is 5.32 Å². The number of anilines is 1. The van der Waals surface area contributed by atoms with Gasteiger partial charge in [0.2, 0.25) is 5.91 Å². The highest BCUT2D eigenvalue weighted by Crippen LogP contribution is 2.26. The molecule has 1 amide bonds. The first-order valence-corrected chi connectivity index (χ1v) is 8.81. The molecule has 4 heterocycles. The van der Waals surface area contributed by atoms with Crippen LogP contribution in [-0.4, -0.2) is 15.9 Å². The maximum absolute atomic E-state index is 12.1. The van der Waals surface area contributed by atoms with Crippen LogP contribution in [0.4, 0.5) is 5.13 Å². The normalized spacial score (nSPS) is 10.8. The van der Waals surface area contributed by atoms with Crippen LogP contribution in [0.3, 0.4) is 0 Å². The highest BCUT2D eigenvalue weighted by Gasteiger charge is 2.13. The predicted octanol–water partition coefficient (Wildman–Crippen LogP) is 4.30. The van der Waals surface area contributed by atoms with E-state index in [1.807, 2.05) is 29.0 Å². The fourth-order valence-corrected chi connectivity index (χ4v) is 3.60. The third-order valence-electron chi connectivity index (χ3n) is 3.15. The van der Waals surface area contributed by atoms with E-state index in [0.717, 1.165) is 5.01 Å². The Hall–Kier alpha value is -2.71. The van der Waals surface area contributed by atoms with E-state index in [2.05, 4.69) is 15.3 Å². The van der Waals surface area contributed by atoms with Crippen LogP contribution in [0.2, 0.25) is 0 Å². The molecule has 0 saturated heterocycles. The van der Waals surface area contributed by atoms with Crippen LogP contribution in [0.5, 0.6) is 0 Å². The molecule has 4 rings (SSSR count). The van der Waals surface area contributed by atoms with E-state index in [4.69, 9.17) is 8.83 Å². The molecule has 8 heteroatoms. The third-order valence-corrected chi connectivity index (χ3v) is 4.81. The molecule has 4 aromatic rings. The topological polar surface area (TPSA) is 81.2 Å². The molecule has 6 nitrogen and oxygen atoms in total. The molecule has 0 spiro atoms. The first kappa shape index (κ1) is 14.9. The molecule has 0 saturated carbocycles. The van der Waals surface area contributed by atoms with Crippen LogP contribution in [0, 0.1) is 0 Å². The van der Waals surface area contributed by atoms with Crippen molar-refractivity contribution < 1.29 is 13.6 Å². The summed E-state index contributed by atoms with van der Waals surface area (Å²) in [6.07, 6.45) is 3.38. The second kappa shape index (κ2) is 6.42. The van der Waals surface area contributed by atoms with Crippen LogP contribution in [0.15, 0.2) is 56.4 Å². The summed E-state index contributed by atoms with van der Waals surface area (Å²) in [6, 6.07) is 7.27. The molecule has 0 unspecified atom stereocenters. The van der Waals surface area contributed by atoms with Crippen molar-refractivity contribution in [3.05, 3.63) is 53.2 Å². The summed E-state index contributed by atoms with van der Waals surface area (Å²) < 4.78 is 10.6. The predicted molar refractivity (Wildman–Crippen MR) is 92.0 cm³/mol. The van der Waals surface area contributed by atoms with E-state index < -0.39 is 0 Å². The standard InChI is InChI=1S/C16H11N3O3S2/c20-14(7-10-8-23-15(17-10)13-4-2-6-22-13)19-16-18-11(9-24-16)12-3-1-5-21-12/h1-6,8-9H,7H2,(H,18,19,20). The van der Waals surface area contributed by atoms with Gasteiger partial charge in [-0.3, -0.25) is 4.79 Å². The first-order valence-electron chi connectivity index (χ1n) is 7.05. The molecule has 0 aromatic carbocycles. The average molecular weight is 357 g/mol. The minimum Gasteiger partial charge on any atom is -0.463 e. The minimum absolute atomic E-state index is 0.161. The van der Waals surface area contributed by atoms with E-state index in [-0.39, 0.29) is 12.3 Å². The van der Waals surface area contributed by atoms with Crippen molar-refractivity contribution in [1.82, 2.24) is 9.97 Å². The number of hydrogen-bond donors (Lipinski definition) is 1. The van der Waals surface area contributed by atoms with Gasteiger partial charge in [-0.1, -0.05) is 0 Å². The van der Waals surface area contributed by atoms with Crippen molar-refractivity contribution in [3.8, 4) is 22.2 Å². The Labute approximate surface area is 144 Å². The number of carbonyl (C=O) groups is 1. The lowest BCUT2D eigenvalue weighted by atomic mass is 10.3. The lowest BCUT2D eigenvalue weighted by Gasteiger charge is -1.98. The zero-order valence-electron chi connectivity index (χ0n) is 12.3. The van der Waals surface area contributed by atoms with Gasteiger partial charge in [0.1, 0.15) is 5.69 Å². The number of furan rings is 2. The number of hydrogen-bond acceptors (Lipinski definition) is 7. The van der Waals surface area contributed by atoms with Crippen LogP contribution >= 0.6 is 22.7 Å². The fraction of sp³-hybridized carbons (Fsp3) is 0.0625. The summed E-state index contributed by atoms with van der Waals surface area (Å²) in [5.41, 5.74) is 1.40. The Kier molecular flexibility index (Phi) is 3.97. The second-order valence-electron chi connectivity index (χ2n) is 4.86. The summed E-state index contributed by atoms with van der Waals surface area (Å²) in [7, 11) is 0. The van der Waals surface area contributed by atoms with Gasteiger partial charge in [-0.2, -0.15) is 0 Å². The lowest BCUT2D eigenvalue weighted by molar-refractivity contribution is -0.115. The summed E-state index contributed by atoms with van der Waals surface area (Å²) in [5.74, 6) is 1.22.